The van der Waals surface area contributed by atoms with E-state index in [0.717, 1.165) is 6.20 Å². The van der Waals surface area contributed by atoms with Crippen molar-refractivity contribution in [3.05, 3.63) is 62.8 Å². The molecule has 0 saturated carbocycles. The summed E-state index contributed by atoms with van der Waals surface area (Å²) in [6.45, 7) is 4.27. The lowest BCUT2D eigenvalue weighted by Crippen LogP contribution is -2.40. The average molecular weight is 465 g/mol. The molecular weight excluding hydrogens is 439 g/mol. The van der Waals surface area contributed by atoms with Crippen LogP contribution >= 0.6 is 0 Å². The van der Waals surface area contributed by atoms with E-state index in [0.29, 0.717) is 18.7 Å². The molecule has 2 amide bonds. The minimum absolute atomic E-state index is 0.235. The van der Waals surface area contributed by atoms with Gasteiger partial charge in [0.2, 0.25) is 5.43 Å². The normalized spacial score (nSPS) is 12.0. The summed E-state index contributed by atoms with van der Waals surface area (Å²) in [5, 5.41) is 12.2. The van der Waals surface area contributed by atoms with Crippen molar-refractivity contribution in [2.24, 2.45) is 0 Å². The highest BCUT2D eigenvalue weighted by Gasteiger charge is 2.29. The maximum Gasteiger partial charge on any atom is 0.274 e. The van der Waals surface area contributed by atoms with Crippen molar-refractivity contribution in [3.63, 3.8) is 0 Å². The molecule has 0 radical (unpaired) electrons. The predicted molar refractivity (Wildman–Crippen MR) is 117 cm³/mol. The molecule has 10 heteroatoms. The molecule has 0 aliphatic carbocycles. The fourth-order valence-corrected chi connectivity index (χ4v) is 2.76. The lowest BCUT2D eigenvalue weighted by Gasteiger charge is -2.27. The van der Waals surface area contributed by atoms with Crippen molar-refractivity contribution in [3.8, 4) is 18.6 Å². The molecule has 33 heavy (non-hydrogen) atoms. The molecule has 1 aliphatic rings. The molecule has 0 atom stereocenters. The van der Waals surface area contributed by atoms with E-state index in [-0.39, 0.29) is 12.2 Å². The van der Waals surface area contributed by atoms with E-state index < -0.39 is 58.1 Å². The Labute approximate surface area is 189 Å². The van der Waals surface area contributed by atoms with Crippen LogP contribution in [0.1, 0.15) is 53.1 Å². The van der Waals surface area contributed by atoms with Crippen LogP contribution in [-0.4, -0.2) is 40.0 Å². The van der Waals surface area contributed by atoms with Crippen LogP contribution in [0, 0.1) is 30.3 Å². The molecule has 0 bridgehead atoms. The minimum Gasteiger partial charge on any atom is -0.503 e. The van der Waals surface area contributed by atoms with Crippen molar-refractivity contribution in [2.45, 2.75) is 39.8 Å². The number of hydrogen-bond acceptors (Lipinski definition) is 4. The van der Waals surface area contributed by atoms with Gasteiger partial charge in [0, 0.05) is 50.6 Å². The Bertz CT molecular complexity index is 1070. The smallest absolute Gasteiger partial charge is 0.274 e. The maximum absolute atomic E-state index is 13.6. The summed E-state index contributed by atoms with van der Waals surface area (Å²) < 4.78 is 41.5. The van der Waals surface area contributed by atoms with E-state index in [1.54, 1.807) is 0 Å². The van der Waals surface area contributed by atoms with Crippen molar-refractivity contribution < 1.29 is 27.9 Å². The lowest BCUT2D eigenvalue weighted by atomic mass is 10.1. The van der Waals surface area contributed by atoms with Crippen LogP contribution < -0.4 is 10.7 Å². The molecule has 1 aliphatic heterocycles. The zero-order valence-electron chi connectivity index (χ0n) is 18.6. The molecule has 3 rings (SSSR count). The second kappa shape index (κ2) is 12.3. The highest BCUT2D eigenvalue weighted by molar-refractivity contribution is 5.98. The first-order chi connectivity index (χ1) is 15.6. The van der Waals surface area contributed by atoms with E-state index in [1.807, 2.05) is 0 Å². The molecule has 7 nitrogen and oxygen atoms in total. The first kappa shape index (κ1) is 27.3. The Morgan fingerprint density at radius 3 is 2.15 bits per heavy atom. The third kappa shape index (κ3) is 6.38. The number of pyridine rings is 1. The summed E-state index contributed by atoms with van der Waals surface area (Å²) in [6, 6.07) is 0.929. The van der Waals surface area contributed by atoms with Crippen molar-refractivity contribution in [1.82, 2.24) is 14.8 Å². The third-order valence-electron chi connectivity index (χ3n) is 4.76. The number of halogens is 3. The predicted octanol–water partition coefficient (Wildman–Crippen LogP) is 3.04. The number of nitrogens with zero attached hydrogens (tertiary/aromatic N) is 2. The average Bonchev–Trinajstić information content (AvgIpc) is 2.79. The number of amides is 2. The van der Waals surface area contributed by atoms with E-state index in [4.69, 9.17) is 0 Å². The number of nitrogens with one attached hydrogen (secondary N) is 1. The largest absolute Gasteiger partial charge is 0.503 e. The number of benzene rings is 1. The maximum atomic E-state index is 13.6. The SMILES string of the molecule is C#C.CCCC.CN1CCn2cc(C(=O)NCc3c(F)cc(F)cc3F)c(=O)c(O)c2C1=O. The van der Waals surface area contributed by atoms with E-state index in [9.17, 15) is 32.7 Å². The quantitative estimate of drug-likeness (QED) is 0.679. The van der Waals surface area contributed by atoms with Crippen LogP contribution in [0.4, 0.5) is 13.2 Å². The minimum atomic E-state index is -1.19. The van der Waals surface area contributed by atoms with Gasteiger partial charge in [0.25, 0.3) is 11.8 Å². The Kier molecular flexibility index (Phi) is 10.2. The van der Waals surface area contributed by atoms with Crippen LogP contribution in [-0.2, 0) is 13.1 Å². The summed E-state index contributed by atoms with van der Waals surface area (Å²) in [5.41, 5.74) is -2.39. The van der Waals surface area contributed by atoms with Gasteiger partial charge in [-0.25, -0.2) is 13.2 Å². The van der Waals surface area contributed by atoms with Gasteiger partial charge >= 0.3 is 0 Å². The monoisotopic (exact) mass is 465 g/mol. The van der Waals surface area contributed by atoms with E-state index in [2.05, 4.69) is 32.0 Å². The topological polar surface area (TPSA) is 91.6 Å². The summed E-state index contributed by atoms with van der Waals surface area (Å²) in [5.74, 6) is -5.93. The van der Waals surface area contributed by atoms with Gasteiger partial charge in [0.1, 0.15) is 23.0 Å². The van der Waals surface area contributed by atoms with Crippen molar-refractivity contribution >= 4 is 11.8 Å². The Balaban J connectivity index is 0.000000820. The number of aromatic nitrogens is 1. The highest BCUT2D eigenvalue weighted by Crippen LogP contribution is 2.20. The number of terminal acetylenes is 1. The molecule has 0 spiro atoms. The number of rotatable bonds is 4. The molecule has 1 aromatic heterocycles. The molecule has 2 N–H and O–H groups in total. The number of carbonyl (C=O) groups excluding carboxylic acids is 2. The van der Waals surface area contributed by atoms with Gasteiger partial charge in [-0.1, -0.05) is 26.7 Å². The van der Waals surface area contributed by atoms with E-state index in [1.165, 1.54) is 29.4 Å². The molecule has 1 aromatic carbocycles. The lowest BCUT2D eigenvalue weighted by molar-refractivity contribution is 0.0740. The van der Waals surface area contributed by atoms with Gasteiger partial charge in [-0.2, -0.15) is 0 Å². The first-order valence-corrected chi connectivity index (χ1v) is 10.1. The molecule has 0 fully saturated rings. The standard InChI is InChI=1S/C17H14F3N3O4.C4H10.C2H2/c1-22-2-3-23-7-10(14(24)15(25)13(23)17(22)27)16(26)21-6-9-11(19)4-8(18)5-12(9)20;1-3-4-2;1-2/h4-5,7,25H,2-3,6H2,1H3,(H,21,26);3-4H2,1-2H3;1-2H. The summed E-state index contributed by atoms with van der Waals surface area (Å²) >= 11 is 0. The van der Waals surface area contributed by atoms with Crippen LogP contribution in [0.15, 0.2) is 23.1 Å². The van der Waals surface area contributed by atoms with Gasteiger partial charge in [-0.05, 0) is 0 Å². The molecule has 0 saturated heterocycles. The first-order valence-electron chi connectivity index (χ1n) is 10.1. The Hall–Kier alpha value is -3.74. The Morgan fingerprint density at radius 2 is 1.64 bits per heavy atom. The van der Waals surface area contributed by atoms with Gasteiger partial charge in [-0.15, -0.1) is 12.8 Å². The molecule has 2 heterocycles. The van der Waals surface area contributed by atoms with Crippen LogP contribution in [0.3, 0.4) is 0 Å². The van der Waals surface area contributed by atoms with Gasteiger partial charge in [-0.3, -0.25) is 14.4 Å². The summed E-state index contributed by atoms with van der Waals surface area (Å²) in [7, 11) is 1.50. The molecular formula is C23H26F3N3O4. The van der Waals surface area contributed by atoms with Crippen molar-refractivity contribution in [1.29, 1.82) is 0 Å². The zero-order chi connectivity index (χ0) is 25.3. The number of aromatic hydroxyl groups is 1. The summed E-state index contributed by atoms with van der Waals surface area (Å²) in [4.78, 5) is 37.9. The second-order valence-electron chi connectivity index (χ2n) is 7.02. The fraction of sp³-hybridized carbons (Fsp3) is 0.348. The number of fused-ring (bicyclic) bond motifs is 1. The van der Waals surface area contributed by atoms with Gasteiger partial charge < -0.3 is 19.9 Å². The second-order valence-corrected chi connectivity index (χ2v) is 7.02. The van der Waals surface area contributed by atoms with E-state index >= 15 is 0 Å². The Morgan fingerprint density at radius 1 is 1.09 bits per heavy atom. The van der Waals surface area contributed by atoms with Crippen LogP contribution in [0.2, 0.25) is 0 Å². The number of likely N-dealkylation sites (N-methyl/N-ethyl adjacent to an activating group) is 1. The van der Waals surface area contributed by atoms with Crippen LogP contribution in [0.5, 0.6) is 5.75 Å². The number of hydrogen-bond donors (Lipinski definition) is 2. The van der Waals surface area contributed by atoms with Gasteiger partial charge in [0.15, 0.2) is 11.4 Å². The number of unbranched alkanes of at least 4 members (excludes halogenated alkanes) is 1. The fourth-order valence-electron chi connectivity index (χ4n) is 2.76. The van der Waals surface area contributed by atoms with Gasteiger partial charge in [0.05, 0.1) is 0 Å². The molecule has 0 unspecified atom stereocenters. The molecule has 2 aromatic rings. The summed E-state index contributed by atoms with van der Waals surface area (Å²) in [6.07, 6.45) is 11.7. The van der Waals surface area contributed by atoms with Crippen LogP contribution in [0.25, 0.3) is 0 Å². The third-order valence-corrected chi connectivity index (χ3v) is 4.76. The molecule has 178 valence electrons. The van der Waals surface area contributed by atoms with Crippen molar-refractivity contribution in [2.75, 3.05) is 13.6 Å². The zero-order valence-corrected chi connectivity index (χ0v) is 18.6. The highest BCUT2D eigenvalue weighted by atomic mass is 19.1. The number of carbonyl (C=O) groups is 2.